The van der Waals surface area contributed by atoms with Crippen molar-refractivity contribution in [2.24, 2.45) is 0 Å². The van der Waals surface area contributed by atoms with Crippen LogP contribution in [-0.4, -0.2) is 34.5 Å². The molecule has 0 atom stereocenters. The van der Waals surface area contributed by atoms with Gasteiger partial charge in [-0.2, -0.15) is 0 Å². The van der Waals surface area contributed by atoms with E-state index in [-0.39, 0.29) is 11.9 Å². The van der Waals surface area contributed by atoms with Gasteiger partial charge in [-0.15, -0.1) is 11.3 Å². The first-order valence-electron chi connectivity index (χ1n) is 6.41. The molecule has 0 bridgehead atoms. The summed E-state index contributed by atoms with van der Waals surface area (Å²) in [6.07, 6.45) is 6.81. The van der Waals surface area contributed by atoms with Crippen LogP contribution >= 0.6 is 22.9 Å². The number of halogens is 1. The number of rotatable bonds is 3. The highest BCUT2D eigenvalue weighted by Gasteiger charge is 2.15. The molecule has 0 radical (unpaired) electrons. The molecule has 106 valence electrons. The van der Waals surface area contributed by atoms with E-state index >= 15 is 0 Å². The molecule has 7 heteroatoms. The maximum absolute atomic E-state index is 11.9. The van der Waals surface area contributed by atoms with Gasteiger partial charge in [0.25, 0.3) is 0 Å². The molecule has 1 saturated heterocycles. The summed E-state index contributed by atoms with van der Waals surface area (Å²) in [6, 6.07) is 0.197. The van der Waals surface area contributed by atoms with Crippen LogP contribution in [0.25, 0.3) is 11.0 Å². The lowest BCUT2D eigenvalue weighted by molar-refractivity contribution is -0.117. The molecular weight excluding hydrogens is 298 g/mol. The minimum Gasteiger partial charge on any atom is -0.381 e. The molecule has 1 aliphatic rings. The molecule has 1 N–H and O–H groups in total. The lowest BCUT2D eigenvalue weighted by Gasteiger charge is -2.22. The van der Waals surface area contributed by atoms with Crippen LogP contribution in [-0.2, 0) is 9.53 Å². The van der Waals surface area contributed by atoms with Crippen molar-refractivity contribution in [3.63, 3.8) is 0 Å². The SMILES string of the molecule is O=C(C=Cc1c(Cl)nc2sccn12)NC1CCOCC1. The molecule has 0 aliphatic carbocycles. The fourth-order valence-electron chi connectivity index (χ4n) is 2.17. The normalized spacial score (nSPS) is 17.1. The Bertz CT molecular complexity index is 643. The number of fused-ring (bicyclic) bond motifs is 1. The molecule has 1 aliphatic heterocycles. The number of nitrogens with one attached hydrogen (secondary N) is 1. The van der Waals surface area contributed by atoms with Crippen LogP contribution in [0, 0.1) is 0 Å². The lowest BCUT2D eigenvalue weighted by Crippen LogP contribution is -2.37. The molecule has 20 heavy (non-hydrogen) atoms. The Morgan fingerprint density at radius 3 is 3.15 bits per heavy atom. The number of carbonyl (C=O) groups excluding carboxylic acids is 1. The Morgan fingerprint density at radius 1 is 1.55 bits per heavy atom. The fourth-order valence-corrected chi connectivity index (χ4v) is 3.18. The van der Waals surface area contributed by atoms with Gasteiger partial charge in [0.15, 0.2) is 10.1 Å². The van der Waals surface area contributed by atoms with Gasteiger partial charge in [0, 0.05) is 36.9 Å². The molecular formula is C13H14ClN3O2S. The molecule has 0 saturated carbocycles. The van der Waals surface area contributed by atoms with Gasteiger partial charge in [0.05, 0.1) is 5.69 Å². The first-order valence-corrected chi connectivity index (χ1v) is 7.67. The Hall–Kier alpha value is -1.37. The highest BCUT2D eigenvalue weighted by molar-refractivity contribution is 7.15. The monoisotopic (exact) mass is 311 g/mol. The van der Waals surface area contributed by atoms with Crippen molar-refractivity contribution in [1.29, 1.82) is 0 Å². The van der Waals surface area contributed by atoms with Crippen molar-refractivity contribution < 1.29 is 9.53 Å². The van der Waals surface area contributed by atoms with Crippen LogP contribution in [0.5, 0.6) is 0 Å². The number of carbonyl (C=O) groups is 1. The number of hydrogen-bond donors (Lipinski definition) is 1. The van der Waals surface area contributed by atoms with Gasteiger partial charge in [0.2, 0.25) is 5.91 Å². The Balaban J connectivity index is 1.68. The van der Waals surface area contributed by atoms with E-state index < -0.39 is 0 Å². The molecule has 0 aromatic carbocycles. The third-order valence-corrected chi connectivity index (χ3v) is 4.25. The third kappa shape index (κ3) is 2.87. The van der Waals surface area contributed by atoms with Crippen LogP contribution in [0.4, 0.5) is 0 Å². The van der Waals surface area contributed by atoms with Crippen molar-refractivity contribution in [3.05, 3.63) is 28.5 Å². The van der Waals surface area contributed by atoms with Crippen molar-refractivity contribution in [1.82, 2.24) is 14.7 Å². The van der Waals surface area contributed by atoms with Gasteiger partial charge in [-0.1, -0.05) is 11.6 Å². The molecule has 1 amide bonds. The van der Waals surface area contributed by atoms with Gasteiger partial charge in [-0.3, -0.25) is 9.20 Å². The number of thiazole rings is 1. The predicted octanol–water partition coefficient (Wildman–Crippen LogP) is 2.36. The molecule has 2 aromatic heterocycles. The number of amides is 1. The largest absolute Gasteiger partial charge is 0.381 e. The van der Waals surface area contributed by atoms with Gasteiger partial charge >= 0.3 is 0 Å². The summed E-state index contributed by atoms with van der Waals surface area (Å²) in [5, 5.41) is 5.30. The third-order valence-electron chi connectivity index (χ3n) is 3.21. The summed E-state index contributed by atoms with van der Waals surface area (Å²) in [5.41, 5.74) is 0.727. The average Bonchev–Trinajstić information content (AvgIpc) is 2.98. The van der Waals surface area contributed by atoms with E-state index in [0.29, 0.717) is 18.4 Å². The van der Waals surface area contributed by atoms with Crippen molar-refractivity contribution >= 4 is 39.9 Å². The summed E-state index contributed by atoms with van der Waals surface area (Å²) in [4.78, 5) is 16.9. The summed E-state index contributed by atoms with van der Waals surface area (Å²) >= 11 is 7.56. The van der Waals surface area contributed by atoms with E-state index in [1.165, 1.54) is 17.4 Å². The van der Waals surface area contributed by atoms with Crippen LogP contribution < -0.4 is 5.32 Å². The standard InChI is InChI=1S/C13H14ClN3O2S/c14-12-10(17-5-8-20-13(17)16-12)1-2-11(18)15-9-3-6-19-7-4-9/h1-2,5,8-9H,3-4,6-7H2,(H,15,18). The summed E-state index contributed by atoms with van der Waals surface area (Å²) in [6.45, 7) is 1.41. The molecule has 3 heterocycles. The topological polar surface area (TPSA) is 55.6 Å². The maximum atomic E-state index is 11.9. The second-order valence-corrected chi connectivity index (χ2v) is 5.80. The zero-order valence-corrected chi connectivity index (χ0v) is 12.3. The van der Waals surface area contributed by atoms with E-state index in [0.717, 1.165) is 23.5 Å². The molecule has 1 fully saturated rings. The molecule has 0 spiro atoms. The number of aromatic nitrogens is 2. The summed E-state index contributed by atoms with van der Waals surface area (Å²) < 4.78 is 7.12. The second kappa shape index (κ2) is 5.95. The number of ether oxygens (including phenoxy) is 1. The minimum absolute atomic E-state index is 0.113. The lowest BCUT2D eigenvalue weighted by atomic mass is 10.1. The summed E-state index contributed by atoms with van der Waals surface area (Å²) in [5.74, 6) is -0.113. The molecule has 0 unspecified atom stereocenters. The Morgan fingerprint density at radius 2 is 2.35 bits per heavy atom. The Labute approximate surface area is 125 Å². The highest BCUT2D eigenvalue weighted by Crippen LogP contribution is 2.22. The van der Waals surface area contributed by atoms with E-state index in [4.69, 9.17) is 16.3 Å². The van der Waals surface area contributed by atoms with Crippen molar-refractivity contribution in [2.45, 2.75) is 18.9 Å². The van der Waals surface area contributed by atoms with E-state index in [1.54, 1.807) is 6.08 Å². The zero-order valence-electron chi connectivity index (χ0n) is 10.7. The summed E-state index contributed by atoms with van der Waals surface area (Å²) in [7, 11) is 0. The first-order chi connectivity index (χ1) is 9.74. The first kappa shape index (κ1) is 13.6. The molecule has 3 rings (SSSR count). The number of nitrogens with zero attached hydrogens (tertiary/aromatic N) is 2. The van der Waals surface area contributed by atoms with Gasteiger partial charge < -0.3 is 10.1 Å². The van der Waals surface area contributed by atoms with Crippen LogP contribution in [0.1, 0.15) is 18.5 Å². The minimum atomic E-state index is -0.113. The van der Waals surface area contributed by atoms with Crippen molar-refractivity contribution in [2.75, 3.05) is 13.2 Å². The van der Waals surface area contributed by atoms with E-state index in [2.05, 4.69) is 10.3 Å². The van der Waals surface area contributed by atoms with Gasteiger partial charge in [-0.05, 0) is 18.9 Å². The van der Waals surface area contributed by atoms with Crippen LogP contribution in [0.2, 0.25) is 5.15 Å². The van der Waals surface area contributed by atoms with Crippen LogP contribution in [0.3, 0.4) is 0 Å². The van der Waals surface area contributed by atoms with E-state index in [9.17, 15) is 4.79 Å². The van der Waals surface area contributed by atoms with Gasteiger partial charge in [-0.25, -0.2) is 4.98 Å². The van der Waals surface area contributed by atoms with Crippen LogP contribution in [0.15, 0.2) is 17.7 Å². The van der Waals surface area contributed by atoms with E-state index in [1.807, 2.05) is 16.0 Å². The second-order valence-electron chi connectivity index (χ2n) is 4.57. The average molecular weight is 312 g/mol. The smallest absolute Gasteiger partial charge is 0.244 e. The Kier molecular flexibility index (Phi) is 4.05. The molecule has 2 aromatic rings. The zero-order chi connectivity index (χ0) is 13.9. The quantitative estimate of drug-likeness (QED) is 0.885. The molecule has 5 nitrogen and oxygen atoms in total. The van der Waals surface area contributed by atoms with Crippen molar-refractivity contribution in [3.8, 4) is 0 Å². The predicted molar refractivity (Wildman–Crippen MR) is 79.1 cm³/mol. The number of imidazole rings is 1. The highest BCUT2D eigenvalue weighted by atomic mass is 35.5. The maximum Gasteiger partial charge on any atom is 0.244 e. The van der Waals surface area contributed by atoms with Gasteiger partial charge in [0.1, 0.15) is 0 Å². The fraction of sp³-hybridized carbons (Fsp3) is 0.385. The number of hydrogen-bond acceptors (Lipinski definition) is 4.